The molecule has 0 fully saturated rings. The van der Waals surface area contributed by atoms with Crippen LogP contribution in [0.3, 0.4) is 0 Å². The van der Waals surface area contributed by atoms with Gasteiger partial charge in [-0.3, -0.25) is 0 Å². The zero-order valence-electron chi connectivity index (χ0n) is 6.79. The fourth-order valence-corrected chi connectivity index (χ4v) is 3.37. The molecule has 0 N–H and O–H groups in total. The standard InChI is InChI=1S/C8H8O2S2/c1-10-5-3-4-6(11-2)8-7(5)12(8)9/h3-4H,1-2H3. The van der Waals surface area contributed by atoms with Crippen LogP contribution < -0.4 is 4.74 Å². The van der Waals surface area contributed by atoms with Crippen molar-refractivity contribution in [3.05, 3.63) is 12.1 Å². The Labute approximate surface area is 78.5 Å². The van der Waals surface area contributed by atoms with Crippen LogP contribution >= 0.6 is 11.8 Å². The molecule has 1 atom stereocenters. The molecular weight excluding hydrogens is 192 g/mol. The maximum absolute atomic E-state index is 11.3. The lowest BCUT2D eigenvalue weighted by molar-refractivity contribution is 0.404. The van der Waals surface area contributed by atoms with Gasteiger partial charge in [-0.2, -0.15) is 0 Å². The minimum Gasteiger partial charge on any atom is -0.606 e. The Bertz CT molecular complexity index is 294. The maximum atomic E-state index is 11.3. The van der Waals surface area contributed by atoms with Crippen LogP contribution in [0.2, 0.25) is 0 Å². The van der Waals surface area contributed by atoms with Gasteiger partial charge in [0.25, 0.3) is 4.90 Å². The Morgan fingerprint density at radius 2 is 2.17 bits per heavy atom. The summed E-state index contributed by atoms with van der Waals surface area (Å²) < 4.78 is 16.4. The lowest BCUT2D eigenvalue weighted by Crippen LogP contribution is -1.81. The average molecular weight is 200 g/mol. The summed E-state index contributed by atoms with van der Waals surface area (Å²) in [6, 6.07) is 3.82. The van der Waals surface area contributed by atoms with Gasteiger partial charge in [0.1, 0.15) is 0 Å². The van der Waals surface area contributed by atoms with Crippen LogP contribution in [0.5, 0.6) is 5.75 Å². The van der Waals surface area contributed by atoms with E-state index in [2.05, 4.69) is 0 Å². The molecular formula is C8H8O2S2. The predicted molar refractivity (Wildman–Crippen MR) is 49.4 cm³/mol. The van der Waals surface area contributed by atoms with Crippen LogP contribution in [0, 0.1) is 0 Å². The van der Waals surface area contributed by atoms with Gasteiger partial charge in [0.15, 0.2) is 5.75 Å². The van der Waals surface area contributed by atoms with E-state index in [0.717, 1.165) is 20.4 Å². The first-order chi connectivity index (χ1) is 5.79. The monoisotopic (exact) mass is 200 g/mol. The van der Waals surface area contributed by atoms with Crippen molar-refractivity contribution in [3.8, 4) is 5.75 Å². The minimum absolute atomic E-state index is 0.751. The molecule has 4 heteroatoms. The normalized spacial score (nSPS) is 18.8. The van der Waals surface area contributed by atoms with E-state index in [9.17, 15) is 4.55 Å². The highest BCUT2D eigenvalue weighted by molar-refractivity contribution is 8.01. The highest BCUT2D eigenvalue weighted by Crippen LogP contribution is 2.51. The third-order valence-corrected chi connectivity index (χ3v) is 4.08. The first kappa shape index (κ1) is 8.29. The molecule has 1 aliphatic rings. The smallest absolute Gasteiger partial charge is 0.256 e. The summed E-state index contributed by atoms with van der Waals surface area (Å²) in [5.74, 6) is 0.751. The van der Waals surface area contributed by atoms with E-state index < -0.39 is 11.2 Å². The van der Waals surface area contributed by atoms with E-state index in [1.54, 1.807) is 18.9 Å². The van der Waals surface area contributed by atoms with Crippen molar-refractivity contribution in [2.24, 2.45) is 0 Å². The summed E-state index contributed by atoms with van der Waals surface area (Å²) in [6.07, 6.45) is 1.98. The molecule has 2 rings (SSSR count). The van der Waals surface area contributed by atoms with Gasteiger partial charge in [-0.05, 0) is 18.4 Å². The van der Waals surface area contributed by atoms with Gasteiger partial charge in [0.2, 0.25) is 4.90 Å². The maximum Gasteiger partial charge on any atom is 0.256 e. The highest BCUT2D eigenvalue weighted by Gasteiger charge is 2.46. The van der Waals surface area contributed by atoms with Crippen molar-refractivity contribution in [1.29, 1.82) is 0 Å². The van der Waals surface area contributed by atoms with Crippen LogP contribution in [-0.4, -0.2) is 17.9 Å². The van der Waals surface area contributed by atoms with Crippen molar-refractivity contribution in [2.45, 2.75) is 14.7 Å². The minimum atomic E-state index is -0.883. The largest absolute Gasteiger partial charge is 0.606 e. The number of rotatable bonds is 2. The quantitative estimate of drug-likeness (QED) is 0.415. The Morgan fingerprint density at radius 1 is 1.42 bits per heavy atom. The molecule has 0 aromatic heterocycles. The van der Waals surface area contributed by atoms with Gasteiger partial charge in [0.05, 0.1) is 12.0 Å². The Kier molecular flexibility index (Phi) is 1.98. The number of thioether (sulfide) groups is 1. The summed E-state index contributed by atoms with van der Waals surface area (Å²) in [4.78, 5) is 2.94. The number of fused-ring (bicyclic) bond motifs is 1. The Hall–Kier alpha value is -0.320. The fourth-order valence-electron chi connectivity index (χ4n) is 1.17. The van der Waals surface area contributed by atoms with Crippen molar-refractivity contribution in [3.63, 3.8) is 0 Å². The van der Waals surface area contributed by atoms with Crippen LogP contribution in [0.25, 0.3) is 0 Å². The van der Waals surface area contributed by atoms with Gasteiger partial charge in [0, 0.05) is 11.2 Å². The van der Waals surface area contributed by atoms with E-state index in [1.165, 1.54) is 0 Å². The van der Waals surface area contributed by atoms with Gasteiger partial charge >= 0.3 is 0 Å². The molecule has 2 nitrogen and oxygen atoms in total. The Morgan fingerprint density at radius 3 is 2.75 bits per heavy atom. The first-order valence-corrected chi connectivity index (χ1v) is 5.83. The van der Waals surface area contributed by atoms with Crippen LogP contribution in [0.1, 0.15) is 0 Å². The van der Waals surface area contributed by atoms with Crippen LogP contribution in [0.4, 0.5) is 0 Å². The third-order valence-electron chi connectivity index (χ3n) is 1.81. The number of benzene rings is 1. The molecule has 1 aromatic carbocycles. The number of ether oxygens (including phenoxy) is 1. The van der Waals surface area contributed by atoms with Gasteiger partial charge in [-0.15, -0.1) is 11.8 Å². The summed E-state index contributed by atoms with van der Waals surface area (Å²) in [5.41, 5.74) is 0. The molecule has 0 saturated heterocycles. The third kappa shape index (κ3) is 1.02. The van der Waals surface area contributed by atoms with Crippen molar-refractivity contribution >= 4 is 22.9 Å². The summed E-state index contributed by atoms with van der Waals surface area (Å²) in [6.45, 7) is 0. The molecule has 0 radical (unpaired) electrons. The summed E-state index contributed by atoms with van der Waals surface area (Å²) >= 11 is 0.739. The lowest BCUT2D eigenvalue weighted by atomic mass is 10.3. The van der Waals surface area contributed by atoms with Crippen molar-refractivity contribution < 1.29 is 9.29 Å². The van der Waals surface area contributed by atoms with E-state index >= 15 is 0 Å². The molecule has 0 aliphatic carbocycles. The van der Waals surface area contributed by atoms with Crippen LogP contribution in [-0.2, 0) is 11.2 Å². The highest BCUT2D eigenvalue weighted by atomic mass is 32.2. The average Bonchev–Trinajstić information content (AvgIpc) is 2.77. The molecule has 64 valence electrons. The Balaban J connectivity index is 2.47. The zero-order valence-corrected chi connectivity index (χ0v) is 8.42. The fraction of sp³-hybridized carbons (Fsp3) is 0.250. The molecule has 1 aliphatic heterocycles. The number of hydrogen-bond donors (Lipinski definition) is 0. The van der Waals surface area contributed by atoms with Gasteiger partial charge < -0.3 is 9.29 Å². The SMILES string of the molecule is COc1ccc(SC)c2c1[S+]2[O-]. The van der Waals surface area contributed by atoms with Crippen molar-refractivity contribution in [1.82, 2.24) is 0 Å². The molecule has 1 aromatic rings. The number of hydrogen-bond acceptors (Lipinski definition) is 3. The van der Waals surface area contributed by atoms with Gasteiger partial charge in [-0.25, -0.2) is 0 Å². The summed E-state index contributed by atoms with van der Waals surface area (Å²) in [7, 11) is 1.60. The van der Waals surface area contributed by atoms with E-state index in [4.69, 9.17) is 4.74 Å². The molecule has 1 heterocycles. The lowest BCUT2D eigenvalue weighted by Gasteiger charge is -1.93. The molecule has 0 amide bonds. The van der Waals surface area contributed by atoms with Crippen molar-refractivity contribution in [2.75, 3.05) is 13.4 Å². The second-order valence-electron chi connectivity index (χ2n) is 2.40. The van der Waals surface area contributed by atoms with Gasteiger partial charge in [-0.1, -0.05) is 0 Å². The van der Waals surface area contributed by atoms with Crippen LogP contribution in [0.15, 0.2) is 26.8 Å². The second-order valence-corrected chi connectivity index (χ2v) is 4.60. The first-order valence-electron chi connectivity index (χ1n) is 3.46. The molecule has 0 saturated carbocycles. The topological polar surface area (TPSA) is 32.3 Å². The van der Waals surface area contributed by atoms with E-state index in [1.807, 2.05) is 18.4 Å². The second kappa shape index (κ2) is 2.87. The molecule has 1 unspecified atom stereocenters. The van der Waals surface area contributed by atoms with E-state index in [-0.39, 0.29) is 0 Å². The molecule has 0 spiro atoms. The zero-order chi connectivity index (χ0) is 8.72. The number of methoxy groups -OCH3 is 1. The molecule has 0 bridgehead atoms. The van der Waals surface area contributed by atoms with E-state index in [0.29, 0.717) is 0 Å². The summed E-state index contributed by atoms with van der Waals surface area (Å²) in [5, 5.41) is 0. The predicted octanol–water partition coefficient (Wildman–Crippen LogP) is 1.90. The molecule has 12 heavy (non-hydrogen) atoms.